The predicted octanol–water partition coefficient (Wildman–Crippen LogP) is 3.27. The van der Waals surface area contributed by atoms with Crippen molar-refractivity contribution in [1.82, 2.24) is 9.97 Å². The standard InChI is InChI=1S/C23H31N3O5/c1-6-13-31-19-12-11-15(26(9-4)22(28)23(29)30-10-5)14-17(19)20-24-18(8-3)16(7-2)21(27)25-20/h11-12,14H,6-10,13H2,1-5H3,(H,24,25,27). The first-order valence-electron chi connectivity index (χ1n) is 10.8. The van der Waals surface area contributed by atoms with Crippen molar-refractivity contribution in [2.45, 2.75) is 53.9 Å². The van der Waals surface area contributed by atoms with Gasteiger partial charge in [-0.2, -0.15) is 0 Å². The van der Waals surface area contributed by atoms with Crippen molar-refractivity contribution >= 4 is 17.6 Å². The van der Waals surface area contributed by atoms with E-state index in [9.17, 15) is 14.4 Å². The van der Waals surface area contributed by atoms with Crippen LogP contribution in [0.25, 0.3) is 11.4 Å². The molecule has 0 radical (unpaired) electrons. The average Bonchev–Trinajstić information content (AvgIpc) is 2.77. The van der Waals surface area contributed by atoms with E-state index in [1.165, 1.54) is 4.90 Å². The first-order valence-corrected chi connectivity index (χ1v) is 10.8. The van der Waals surface area contributed by atoms with Crippen LogP contribution in [0.2, 0.25) is 0 Å². The quantitative estimate of drug-likeness (QED) is 0.485. The molecule has 8 heteroatoms. The number of aromatic amines is 1. The van der Waals surface area contributed by atoms with Gasteiger partial charge in [-0.25, -0.2) is 9.78 Å². The van der Waals surface area contributed by atoms with E-state index < -0.39 is 11.9 Å². The SMILES string of the molecule is CCCOc1ccc(N(CC)C(=O)C(=O)OCC)cc1-c1nc(CC)c(CC)c(=O)[nH]1. The molecule has 1 heterocycles. The zero-order chi connectivity index (χ0) is 23.0. The number of hydrogen-bond acceptors (Lipinski definition) is 6. The largest absolute Gasteiger partial charge is 0.493 e. The van der Waals surface area contributed by atoms with Gasteiger partial charge in [-0.15, -0.1) is 0 Å². The minimum Gasteiger partial charge on any atom is -0.493 e. The van der Waals surface area contributed by atoms with E-state index in [4.69, 9.17) is 9.47 Å². The van der Waals surface area contributed by atoms with Crippen LogP contribution in [0.15, 0.2) is 23.0 Å². The maximum Gasteiger partial charge on any atom is 0.397 e. The first-order chi connectivity index (χ1) is 14.9. The van der Waals surface area contributed by atoms with Gasteiger partial charge < -0.3 is 19.4 Å². The molecule has 31 heavy (non-hydrogen) atoms. The minimum atomic E-state index is -0.913. The van der Waals surface area contributed by atoms with Gasteiger partial charge in [0.15, 0.2) is 0 Å². The summed E-state index contributed by atoms with van der Waals surface area (Å²) in [4.78, 5) is 46.0. The second-order valence-electron chi connectivity index (χ2n) is 6.85. The molecular weight excluding hydrogens is 398 g/mol. The summed E-state index contributed by atoms with van der Waals surface area (Å²) in [7, 11) is 0. The van der Waals surface area contributed by atoms with Gasteiger partial charge in [-0.1, -0.05) is 20.8 Å². The van der Waals surface area contributed by atoms with Crippen LogP contribution in [0.1, 0.15) is 52.3 Å². The van der Waals surface area contributed by atoms with Crippen LogP contribution < -0.4 is 15.2 Å². The number of hydrogen-bond donors (Lipinski definition) is 1. The van der Waals surface area contributed by atoms with E-state index in [0.29, 0.717) is 47.8 Å². The van der Waals surface area contributed by atoms with E-state index >= 15 is 0 Å². The molecule has 0 unspecified atom stereocenters. The van der Waals surface area contributed by atoms with Gasteiger partial charge in [-0.05, 0) is 51.3 Å². The van der Waals surface area contributed by atoms with Crippen molar-refractivity contribution in [2.75, 3.05) is 24.7 Å². The molecule has 1 aromatic heterocycles. The lowest BCUT2D eigenvalue weighted by atomic mass is 10.1. The average molecular weight is 430 g/mol. The Morgan fingerprint density at radius 3 is 2.42 bits per heavy atom. The molecule has 0 aliphatic heterocycles. The molecule has 0 spiro atoms. The molecule has 8 nitrogen and oxygen atoms in total. The van der Waals surface area contributed by atoms with Crippen LogP contribution in [0.3, 0.4) is 0 Å². The third kappa shape index (κ3) is 5.51. The molecule has 1 aromatic carbocycles. The van der Waals surface area contributed by atoms with E-state index in [0.717, 1.165) is 12.1 Å². The normalized spacial score (nSPS) is 10.6. The summed E-state index contributed by atoms with van der Waals surface area (Å²) >= 11 is 0. The molecule has 0 saturated carbocycles. The molecule has 0 atom stereocenters. The Balaban J connectivity index is 2.62. The van der Waals surface area contributed by atoms with Crippen molar-refractivity contribution in [2.24, 2.45) is 0 Å². The molecule has 0 saturated heterocycles. The van der Waals surface area contributed by atoms with Gasteiger partial charge in [0.1, 0.15) is 11.6 Å². The number of likely N-dealkylation sites (N-methyl/N-ethyl adjacent to an activating group) is 1. The number of anilines is 1. The van der Waals surface area contributed by atoms with Crippen LogP contribution in [0.5, 0.6) is 5.75 Å². The van der Waals surface area contributed by atoms with Crippen LogP contribution in [0, 0.1) is 0 Å². The van der Waals surface area contributed by atoms with E-state index in [2.05, 4.69) is 9.97 Å². The fourth-order valence-corrected chi connectivity index (χ4v) is 3.28. The molecule has 0 aliphatic carbocycles. The topological polar surface area (TPSA) is 102 Å². The van der Waals surface area contributed by atoms with Gasteiger partial charge in [0.2, 0.25) is 0 Å². The summed E-state index contributed by atoms with van der Waals surface area (Å²) in [6.45, 7) is 10.2. The Labute approximate surface area is 182 Å². The van der Waals surface area contributed by atoms with Crippen molar-refractivity contribution in [3.05, 3.63) is 39.8 Å². The summed E-state index contributed by atoms with van der Waals surface area (Å²) < 4.78 is 10.7. The van der Waals surface area contributed by atoms with Gasteiger partial charge in [0.25, 0.3) is 5.56 Å². The summed E-state index contributed by atoms with van der Waals surface area (Å²) in [5.41, 5.74) is 2.23. The second kappa shape index (κ2) is 11.3. The summed E-state index contributed by atoms with van der Waals surface area (Å²) in [5.74, 6) is -0.759. The van der Waals surface area contributed by atoms with Crippen LogP contribution in [0.4, 0.5) is 5.69 Å². The maximum absolute atomic E-state index is 12.6. The molecule has 2 aromatic rings. The Hall–Kier alpha value is -3.16. The number of carbonyl (C=O) groups is 2. The number of nitrogens with one attached hydrogen (secondary N) is 1. The minimum absolute atomic E-state index is 0.117. The molecule has 1 amide bonds. The summed E-state index contributed by atoms with van der Waals surface area (Å²) in [5, 5.41) is 0. The molecule has 0 bridgehead atoms. The number of benzene rings is 1. The van der Waals surface area contributed by atoms with E-state index in [-0.39, 0.29) is 18.7 Å². The predicted molar refractivity (Wildman–Crippen MR) is 119 cm³/mol. The Bertz CT molecular complexity index is 984. The fourth-order valence-electron chi connectivity index (χ4n) is 3.28. The van der Waals surface area contributed by atoms with Crippen LogP contribution >= 0.6 is 0 Å². The van der Waals surface area contributed by atoms with E-state index in [1.54, 1.807) is 32.0 Å². The molecule has 0 fully saturated rings. The lowest BCUT2D eigenvalue weighted by Gasteiger charge is -2.22. The number of carbonyl (C=O) groups excluding carboxylic acids is 2. The lowest BCUT2D eigenvalue weighted by Crippen LogP contribution is -2.37. The van der Waals surface area contributed by atoms with Crippen molar-refractivity contribution < 1.29 is 19.1 Å². The smallest absolute Gasteiger partial charge is 0.397 e. The Kier molecular flexibility index (Phi) is 8.78. The zero-order valence-corrected chi connectivity index (χ0v) is 18.9. The number of aryl methyl sites for hydroxylation is 1. The maximum atomic E-state index is 12.6. The van der Waals surface area contributed by atoms with Gasteiger partial charge >= 0.3 is 11.9 Å². The van der Waals surface area contributed by atoms with Crippen molar-refractivity contribution in [3.63, 3.8) is 0 Å². The number of ether oxygens (including phenoxy) is 2. The Morgan fingerprint density at radius 1 is 1.10 bits per heavy atom. The third-order valence-corrected chi connectivity index (χ3v) is 4.79. The molecule has 2 rings (SSSR count). The van der Waals surface area contributed by atoms with Crippen molar-refractivity contribution in [1.29, 1.82) is 0 Å². The highest BCUT2D eigenvalue weighted by Gasteiger charge is 2.25. The van der Waals surface area contributed by atoms with E-state index in [1.807, 2.05) is 20.8 Å². The number of amides is 1. The molecule has 1 N–H and O–H groups in total. The first kappa shape index (κ1) is 24.1. The fraction of sp³-hybridized carbons (Fsp3) is 0.478. The molecule has 168 valence electrons. The second-order valence-corrected chi connectivity index (χ2v) is 6.85. The monoisotopic (exact) mass is 429 g/mol. The number of nitrogens with zero attached hydrogens (tertiary/aromatic N) is 2. The van der Waals surface area contributed by atoms with Gasteiger partial charge in [-0.3, -0.25) is 9.59 Å². The van der Waals surface area contributed by atoms with Gasteiger partial charge in [0, 0.05) is 17.8 Å². The number of rotatable bonds is 9. The zero-order valence-electron chi connectivity index (χ0n) is 18.9. The molecule has 0 aliphatic rings. The highest BCUT2D eigenvalue weighted by Crippen LogP contribution is 2.32. The highest BCUT2D eigenvalue weighted by atomic mass is 16.5. The number of H-pyrrole nitrogens is 1. The highest BCUT2D eigenvalue weighted by molar-refractivity contribution is 6.38. The number of aromatic nitrogens is 2. The third-order valence-electron chi connectivity index (χ3n) is 4.79. The Morgan fingerprint density at radius 2 is 1.84 bits per heavy atom. The number of esters is 1. The summed E-state index contributed by atoms with van der Waals surface area (Å²) in [6.07, 6.45) is 2.01. The van der Waals surface area contributed by atoms with Crippen molar-refractivity contribution in [3.8, 4) is 17.1 Å². The van der Waals surface area contributed by atoms with Gasteiger partial charge in [0.05, 0.1) is 24.5 Å². The summed E-state index contributed by atoms with van der Waals surface area (Å²) in [6, 6.07) is 5.13. The van der Waals surface area contributed by atoms with Crippen LogP contribution in [-0.2, 0) is 27.2 Å². The lowest BCUT2D eigenvalue weighted by molar-refractivity contribution is -0.153. The molecular formula is C23H31N3O5. The van der Waals surface area contributed by atoms with Crippen LogP contribution in [-0.4, -0.2) is 41.6 Å².